The van der Waals surface area contributed by atoms with Crippen LogP contribution in [0.2, 0.25) is 0 Å². The van der Waals surface area contributed by atoms with Gasteiger partial charge in [0, 0.05) is 0 Å². The predicted octanol–water partition coefficient (Wildman–Crippen LogP) is 3.79. The highest BCUT2D eigenvalue weighted by molar-refractivity contribution is 6.44. The number of halogens is 3. The third-order valence-electron chi connectivity index (χ3n) is 1.77. The van der Waals surface area contributed by atoms with Gasteiger partial charge in [-0.15, -0.1) is 34.8 Å². The van der Waals surface area contributed by atoms with E-state index in [0.29, 0.717) is 24.0 Å². The van der Waals surface area contributed by atoms with Gasteiger partial charge in [-0.25, -0.2) is 0 Å². The molecule has 0 saturated carbocycles. The van der Waals surface area contributed by atoms with Crippen molar-refractivity contribution in [2.45, 2.75) is 4.84 Å². The van der Waals surface area contributed by atoms with E-state index in [4.69, 9.17) is 44.3 Å². The van der Waals surface area contributed by atoms with Gasteiger partial charge in [-0.05, 0) is 17.7 Å². The molecule has 5 heteroatoms. The van der Waals surface area contributed by atoms with Gasteiger partial charge in [0.15, 0.2) is 11.5 Å². The van der Waals surface area contributed by atoms with E-state index < -0.39 is 4.84 Å². The van der Waals surface area contributed by atoms with Crippen LogP contribution in [0.15, 0.2) is 18.2 Å². The minimum atomic E-state index is -0.575. The first-order chi connectivity index (χ1) is 7.19. The molecule has 0 bridgehead atoms. The highest BCUT2D eigenvalue weighted by Gasteiger charge is 2.09. The Balaban J connectivity index is 2.91. The molecule has 0 amide bonds. The van der Waals surface area contributed by atoms with Crippen LogP contribution < -0.4 is 9.47 Å². The van der Waals surface area contributed by atoms with Gasteiger partial charge in [0.1, 0.15) is 11.4 Å². The zero-order valence-corrected chi connectivity index (χ0v) is 10.4. The second kappa shape index (κ2) is 6.31. The maximum absolute atomic E-state index is 5.75. The van der Waals surface area contributed by atoms with Crippen molar-refractivity contribution in [2.75, 3.05) is 19.6 Å². The third-order valence-corrected chi connectivity index (χ3v) is 2.43. The summed E-state index contributed by atoms with van der Waals surface area (Å²) in [7, 11) is 1.57. The number of hydrogen-bond donors (Lipinski definition) is 0. The Bertz CT molecular complexity index is 316. The maximum atomic E-state index is 5.75. The Morgan fingerprint density at radius 3 is 2.53 bits per heavy atom. The van der Waals surface area contributed by atoms with Gasteiger partial charge in [-0.3, -0.25) is 0 Å². The molecule has 84 valence electrons. The number of methoxy groups -OCH3 is 1. The highest BCUT2D eigenvalue weighted by Crippen LogP contribution is 2.33. The molecule has 0 N–H and O–H groups in total. The van der Waals surface area contributed by atoms with Crippen LogP contribution in [0.5, 0.6) is 11.5 Å². The number of rotatable bonds is 5. The fraction of sp³-hybridized carbons (Fsp3) is 0.400. The molecule has 0 aliphatic heterocycles. The molecule has 0 aliphatic rings. The largest absolute Gasteiger partial charge is 0.493 e. The van der Waals surface area contributed by atoms with Crippen molar-refractivity contribution in [1.82, 2.24) is 0 Å². The number of hydrogen-bond acceptors (Lipinski definition) is 2. The van der Waals surface area contributed by atoms with E-state index in [9.17, 15) is 0 Å². The molecule has 0 saturated heterocycles. The van der Waals surface area contributed by atoms with Crippen molar-refractivity contribution in [3.8, 4) is 11.5 Å². The molecule has 1 aromatic rings. The van der Waals surface area contributed by atoms with Crippen LogP contribution >= 0.6 is 34.8 Å². The molecule has 0 aliphatic carbocycles. The summed E-state index contributed by atoms with van der Waals surface area (Å²) in [5, 5.41) is 0. The van der Waals surface area contributed by atoms with Gasteiger partial charge in [0.05, 0.1) is 13.0 Å². The van der Waals surface area contributed by atoms with Gasteiger partial charge in [-0.2, -0.15) is 0 Å². The van der Waals surface area contributed by atoms with Crippen molar-refractivity contribution in [3.05, 3.63) is 23.8 Å². The van der Waals surface area contributed by atoms with E-state index >= 15 is 0 Å². The molecule has 15 heavy (non-hydrogen) atoms. The van der Waals surface area contributed by atoms with E-state index in [0.717, 1.165) is 5.56 Å². The molecule has 0 atom stereocenters. The maximum Gasteiger partial charge on any atom is 0.161 e. The summed E-state index contributed by atoms with van der Waals surface area (Å²) in [4.78, 5) is -0.575. The normalized spacial score (nSPS) is 10.5. The van der Waals surface area contributed by atoms with E-state index in [2.05, 4.69) is 0 Å². The lowest BCUT2D eigenvalue weighted by molar-refractivity contribution is 0.312. The van der Waals surface area contributed by atoms with Crippen LogP contribution in [0.1, 0.15) is 10.4 Å². The molecule has 0 aromatic heterocycles. The summed E-state index contributed by atoms with van der Waals surface area (Å²) in [6.07, 6.45) is 0. The van der Waals surface area contributed by atoms with Gasteiger partial charge < -0.3 is 9.47 Å². The second-order valence-electron chi connectivity index (χ2n) is 2.75. The number of ether oxygens (including phenoxy) is 2. The number of alkyl halides is 3. The van der Waals surface area contributed by atoms with Gasteiger partial charge in [0.2, 0.25) is 0 Å². The van der Waals surface area contributed by atoms with Crippen LogP contribution in [0.25, 0.3) is 0 Å². The fourth-order valence-corrected chi connectivity index (χ4v) is 1.44. The lowest BCUT2D eigenvalue weighted by Gasteiger charge is -2.11. The zero-order chi connectivity index (χ0) is 11.3. The van der Waals surface area contributed by atoms with E-state index in [1.807, 2.05) is 0 Å². The smallest absolute Gasteiger partial charge is 0.161 e. The molecular formula is C10H11Cl3O2. The fourth-order valence-electron chi connectivity index (χ4n) is 1.09. The SMILES string of the molecule is COc1ccc(C(Cl)Cl)cc1OCCCl. The summed E-state index contributed by atoms with van der Waals surface area (Å²) in [6, 6.07) is 5.30. The molecule has 2 nitrogen and oxygen atoms in total. The Hall–Kier alpha value is -0.310. The Morgan fingerprint density at radius 2 is 2.00 bits per heavy atom. The zero-order valence-electron chi connectivity index (χ0n) is 8.17. The standard InChI is InChI=1S/C10H11Cl3O2/c1-14-8-3-2-7(10(12)13)6-9(8)15-5-4-11/h2-3,6,10H,4-5H2,1H3. The minimum absolute atomic E-state index is 0.413. The summed E-state index contributed by atoms with van der Waals surface area (Å²) < 4.78 is 10.5. The predicted molar refractivity (Wildman–Crippen MR) is 63.7 cm³/mol. The van der Waals surface area contributed by atoms with Crippen LogP contribution in [-0.2, 0) is 0 Å². The second-order valence-corrected chi connectivity index (χ2v) is 4.22. The van der Waals surface area contributed by atoms with E-state index in [1.165, 1.54) is 0 Å². The van der Waals surface area contributed by atoms with E-state index in [1.54, 1.807) is 25.3 Å². The van der Waals surface area contributed by atoms with Gasteiger partial charge in [-0.1, -0.05) is 6.07 Å². The average Bonchev–Trinajstić information content (AvgIpc) is 2.25. The average molecular weight is 270 g/mol. The molecule has 0 unspecified atom stereocenters. The molecular weight excluding hydrogens is 258 g/mol. The van der Waals surface area contributed by atoms with Crippen molar-refractivity contribution < 1.29 is 9.47 Å². The molecule has 0 spiro atoms. The molecule has 1 aromatic carbocycles. The lowest BCUT2D eigenvalue weighted by Crippen LogP contribution is -2.00. The van der Waals surface area contributed by atoms with Crippen LogP contribution in [0.4, 0.5) is 0 Å². The quantitative estimate of drug-likeness (QED) is 0.757. The first-order valence-corrected chi connectivity index (χ1v) is 5.74. The molecule has 1 rings (SSSR count). The summed E-state index contributed by atoms with van der Waals surface area (Å²) in [5.74, 6) is 1.65. The summed E-state index contributed by atoms with van der Waals surface area (Å²) in [5.41, 5.74) is 0.767. The van der Waals surface area contributed by atoms with E-state index in [-0.39, 0.29) is 0 Å². The Labute approximate surface area is 104 Å². The molecule has 0 fully saturated rings. The Kier molecular flexibility index (Phi) is 5.37. The third kappa shape index (κ3) is 3.63. The van der Waals surface area contributed by atoms with Crippen molar-refractivity contribution in [1.29, 1.82) is 0 Å². The first kappa shape index (κ1) is 12.8. The number of benzene rings is 1. The summed E-state index contributed by atoms with van der Waals surface area (Å²) >= 11 is 17.0. The lowest BCUT2D eigenvalue weighted by atomic mass is 10.2. The Morgan fingerprint density at radius 1 is 1.27 bits per heavy atom. The topological polar surface area (TPSA) is 18.5 Å². The monoisotopic (exact) mass is 268 g/mol. The summed E-state index contributed by atoms with van der Waals surface area (Å²) in [6.45, 7) is 0.413. The van der Waals surface area contributed by atoms with Crippen LogP contribution in [0.3, 0.4) is 0 Å². The van der Waals surface area contributed by atoms with Crippen molar-refractivity contribution >= 4 is 34.8 Å². The van der Waals surface area contributed by atoms with Crippen LogP contribution in [0, 0.1) is 0 Å². The van der Waals surface area contributed by atoms with Crippen molar-refractivity contribution in [2.24, 2.45) is 0 Å². The van der Waals surface area contributed by atoms with Crippen molar-refractivity contribution in [3.63, 3.8) is 0 Å². The first-order valence-electron chi connectivity index (χ1n) is 4.34. The van der Waals surface area contributed by atoms with Crippen LogP contribution in [-0.4, -0.2) is 19.6 Å². The molecule has 0 radical (unpaired) electrons. The van der Waals surface area contributed by atoms with Gasteiger partial charge >= 0.3 is 0 Å². The van der Waals surface area contributed by atoms with Gasteiger partial charge in [0.25, 0.3) is 0 Å². The molecule has 0 heterocycles. The minimum Gasteiger partial charge on any atom is -0.493 e. The highest BCUT2D eigenvalue weighted by atomic mass is 35.5.